The fourth-order valence-electron chi connectivity index (χ4n) is 1.68. The lowest BCUT2D eigenvalue weighted by molar-refractivity contribution is 0.181. The number of nitrogens with zero attached hydrogens (tertiary/aromatic N) is 2. The van der Waals surface area contributed by atoms with Crippen LogP contribution in [0.5, 0.6) is 5.75 Å². The van der Waals surface area contributed by atoms with Crippen molar-refractivity contribution >= 4 is 0 Å². The molecule has 7 heteroatoms. The first kappa shape index (κ1) is 13.4. The van der Waals surface area contributed by atoms with E-state index in [2.05, 4.69) is 10.1 Å². The quantitative estimate of drug-likeness (QED) is 0.883. The summed E-state index contributed by atoms with van der Waals surface area (Å²) < 4.78 is 29.0. The monoisotopic (exact) mass is 267 g/mol. The molecule has 0 spiro atoms. The highest BCUT2D eigenvalue weighted by atomic mass is 19.1. The Bertz CT molecular complexity index is 571. The molecule has 6 nitrogen and oxygen atoms in total. The predicted octanol–water partition coefficient (Wildman–Crippen LogP) is 1.49. The molecular formula is C12H14FN3O3. The van der Waals surface area contributed by atoms with Crippen LogP contribution in [0.25, 0.3) is 11.4 Å². The minimum atomic E-state index is -0.499. The third-order valence-electron chi connectivity index (χ3n) is 2.55. The van der Waals surface area contributed by atoms with Gasteiger partial charge in [0.1, 0.15) is 11.6 Å². The average Bonchev–Trinajstić information content (AvgIpc) is 2.89. The molecule has 0 aliphatic rings. The van der Waals surface area contributed by atoms with Crippen LogP contribution in [0.4, 0.5) is 4.39 Å². The van der Waals surface area contributed by atoms with E-state index in [0.29, 0.717) is 11.3 Å². The van der Waals surface area contributed by atoms with E-state index in [1.165, 1.54) is 13.2 Å². The van der Waals surface area contributed by atoms with Crippen LogP contribution >= 0.6 is 0 Å². The van der Waals surface area contributed by atoms with E-state index in [4.69, 9.17) is 19.7 Å². The molecule has 0 aliphatic heterocycles. The molecule has 0 amide bonds. The fourth-order valence-corrected chi connectivity index (χ4v) is 1.68. The normalized spacial score (nSPS) is 10.7. The second kappa shape index (κ2) is 5.77. The van der Waals surface area contributed by atoms with Crippen molar-refractivity contribution in [3.8, 4) is 17.1 Å². The van der Waals surface area contributed by atoms with Crippen molar-refractivity contribution in [3.63, 3.8) is 0 Å². The summed E-state index contributed by atoms with van der Waals surface area (Å²) in [6.45, 7) is 0.397. The maximum Gasteiger partial charge on any atom is 0.240 e. The molecule has 0 saturated heterocycles. The van der Waals surface area contributed by atoms with Crippen molar-refractivity contribution < 1.29 is 18.4 Å². The highest BCUT2D eigenvalue weighted by Gasteiger charge is 2.16. The Labute approximate surface area is 109 Å². The number of rotatable bonds is 5. The smallest absolute Gasteiger partial charge is 0.240 e. The molecule has 2 N–H and O–H groups in total. The standard InChI is InChI=1S/C12H14FN3O3/c1-17-6-7-3-8(9(13)4-10(7)18-2)12-15-11(5-14)19-16-12/h3-4H,5-6,14H2,1-2H3. The zero-order valence-corrected chi connectivity index (χ0v) is 10.6. The summed E-state index contributed by atoms with van der Waals surface area (Å²) in [6.07, 6.45) is 0. The van der Waals surface area contributed by atoms with Crippen molar-refractivity contribution in [2.45, 2.75) is 13.2 Å². The van der Waals surface area contributed by atoms with Gasteiger partial charge >= 0.3 is 0 Å². The van der Waals surface area contributed by atoms with Crippen molar-refractivity contribution in [2.75, 3.05) is 14.2 Å². The van der Waals surface area contributed by atoms with Gasteiger partial charge in [-0.05, 0) is 6.07 Å². The molecular weight excluding hydrogens is 253 g/mol. The second-order valence-electron chi connectivity index (χ2n) is 3.79. The van der Waals surface area contributed by atoms with E-state index >= 15 is 0 Å². The summed E-state index contributed by atoms with van der Waals surface area (Å²) in [7, 11) is 3.01. The van der Waals surface area contributed by atoms with Crippen LogP contribution in [0.2, 0.25) is 0 Å². The van der Waals surface area contributed by atoms with Gasteiger partial charge in [0.15, 0.2) is 0 Å². The van der Waals surface area contributed by atoms with Gasteiger partial charge in [0, 0.05) is 18.7 Å². The van der Waals surface area contributed by atoms with Gasteiger partial charge in [0.05, 0.1) is 25.8 Å². The zero-order valence-electron chi connectivity index (χ0n) is 10.6. The Morgan fingerprint density at radius 3 is 2.74 bits per heavy atom. The average molecular weight is 267 g/mol. The largest absolute Gasteiger partial charge is 0.496 e. The van der Waals surface area contributed by atoms with Crippen LogP contribution in [0, 0.1) is 5.82 Å². The summed E-state index contributed by atoms with van der Waals surface area (Å²) in [5.74, 6) is 0.309. The molecule has 1 heterocycles. The molecule has 0 radical (unpaired) electrons. The SMILES string of the molecule is COCc1cc(-c2noc(CN)n2)c(F)cc1OC. The van der Waals surface area contributed by atoms with Gasteiger partial charge in [-0.3, -0.25) is 0 Å². The molecule has 2 aromatic rings. The van der Waals surface area contributed by atoms with E-state index in [0.717, 1.165) is 0 Å². The van der Waals surface area contributed by atoms with E-state index < -0.39 is 5.82 Å². The number of hydrogen-bond donors (Lipinski definition) is 1. The maximum absolute atomic E-state index is 14.0. The van der Waals surface area contributed by atoms with Gasteiger partial charge in [-0.1, -0.05) is 5.16 Å². The van der Waals surface area contributed by atoms with E-state index in [1.807, 2.05) is 0 Å². The first-order valence-electron chi connectivity index (χ1n) is 5.58. The van der Waals surface area contributed by atoms with Gasteiger partial charge in [-0.15, -0.1) is 0 Å². The van der Waals surface area contributed by atoms with E-state index in [1.54, 1.807) is 13.2 Å². The van der Waals surface area contributed by atoms with Crippen molar-refractivity contribution in [3.05, 3.63) is 29.4 Å². The topological polar surface area (TPSA) is 83.4 Å². The van der Waals surface area contributed by atoms with Crippen LogP contribution in [-0.2, 0) is 17.9 Å². The molecule has 0 aliphatic carbocycles. The Morgan fingerprint density at radius 1 is 1.37 bits per heavy atom. The second-order valence-corrected chi connectivity index (χ2v) is 3.79. The molecule has 19 heavy (non-hydrogen) atoms. The van der Waals surface area contributed by atoms with E-state index in [9.17, 15) is 4.39 Å². The number of aromatic nitrogens is 2. The first-order valence-corrected chi connectivity index (χ1v) is 5.58. The minimum Gasteiger partial charge on any atom is -0.496 e. The number of ether oxygens (including phenoxy) is 2. The summed E-state index contributed by atoms with van der Waals surface area (Å²) in [6, 6.07) is 2.84. The lowest BCUT2D eigenvalue weighted by Crippen LogP contribution is -1.98. The maximum atomic E-state index is 14.0. The molecule has 0 bridgehead atoms. The number of benzene rings is 1. The number of methoxy groups -OCH3 is 2. The fraction of sp³-hybridized carbons (Fsp3) is 0.333. The van der Waals surface area contributed by atoms with Gasteiger partial charge in [-0.2, -0.15) is 4.98 Å². The van der Waals surface area contributed by atoms with Gasteiger partial charge in [-0.25, -0.2) is 4.39 Å². The van der Waals surface area contributed by atoms with Gasteiger partial charge < -0.3 is 19.7 Å². The van der Waals surface area contributed by atoms with Crippen LogP contribution in [0.1, 0.15) is 11.5 Å². The molecule has 1 aromatic heterocycles. The van der Waals surface area contributed by atoms with Crippen LogP contribution in [0.3, 0.4) is 0 Å². The molecule has 1 aromatic carbocycles. The van der Waals surface area contributed by atoms with Gasteiger partial charge in [0.2, 0.25) is 11.7 Å². The summed E-state index contributed by atoms with van der Waals surface area (Å²) in [5.41, 5.74) is 6.29. The number of nitrogens with two attached hydrogens (primary N) is 1. The first-order chi connectivity index (χ1) is 9.19. The van der Waals surface area contributed by atoms with Gasteiger partial charge in [0.25, 0.3) is 0 Å². The molecule has 0 unspecified atom stereocenters. The van der Waals surface area contributed by atoms with Crippen LogP contribution in [-0.4, -0.2) is 24.4 Å². The molecule has 0 saturated carbocycles. The Hall–Kier alpha value is -1.99. The molecule has 0 atom stereocenters. The number of halogens is 1. The highest BCUT2D eigenvalue weighted by molar-refractivity contribution is 5.59. The van der Waals surface area contributed by atoms with Crippen molar-refractivity contribution in [1.82, 2.24) is 10.1 Å². The molecule has 2 rings (SSSR count). The lowest BCUT2D eigenvalue weighted by atomic mass is 10.1. The lowest BCUT2D eigenvalue weighted by Gasteiger charge is -2.09. The van der Waals surface area contributed by atoms with Crippen LogP contribution < -0.4 is 10.5 Å². The summed E-state index contributed by atoms with van der Waals surface area (Å²) >= 11 is 0. The zero-order chi connectivity index (χ0) is 13.8. The predicted molar refractivity (Wildman–Crippen MR) is 64.8 cm³/mol. The minimum absolute atomic E-state index is 0.107. The molecule has 102 valence electrons. The Balaban J connectivity index is 2.47. The van der Waals surface area contributed by atoms with Crippen LogP contribution in [0.15, 0.2) is 16.7 Å². The van der Waals surface area contributed by atoms with Crippen molar-refractivity contribution in [1.29, 1.82) is 0 Å². The third-order valence-corrected chi connectivity index (χ3v) is 2.55. The van der Waals surface area contributed by atoms with Crippen molar-refractivity contribution in [2.24, 2.45) is 5.73 Å². The Morgan fingerprint density at radius 2 is 2.16 bits per heavy atom. The number of hydrogen-bond acceptors (Lipinski definition) is 6. The highest BCUT2D eigenvalue weighted by Crippen LogP contribution is 2.28. The summed E-state index contributed by atoms with van der Waals surface area (Å²) in [5, 5.41) is 3.69. The summed E-state index contributed by atoms with van der Waals surface area (Å²) in [4.78, 5) is 3.99. The Kier molecular flexibility index (Phi) is 4.08. The third kappa shape index (κ3) is 2.72. The molecule has 0 fully saturated rings. The van der Waals surface area contributed by atoms with E-state index in [-0.39, 0.29) is 30.4 Å².